The Balaban J connectivity index is 2.11. The third-order valence-corrected chi connectivity index (χ3v) is 6.09. The normalized spacial score (nSPS) is 24.5. The third kappa shape index (κ3) is 4.00. The molecule has 2 aromatic carbocycles. The lowest BCUT2D eigenvalue weighted by Gasteiger charge is -2.32. The maximum atomic E-state index is 14.4. The van der Waals surface area contributed by atoms with Crippen LogP contribution in [0.5, 0.6) is 5.75 Å². The van der Waals surface area contributed by atoms with Crippen molar-refractivity contribution < 1.29 is 40.6 Å². The minimum atomic E-state index is -4.94. The Hall–Kier alpha value is -3.46. The zero-order valence-electron chi connectivity index (χ0n) is 18.1. The summed E-state index contributed by atoms with van der Waals surface area (Å²) in [5.74, 6) is -8.38. The van der Waals surface area contributed by atoms with E-state index in [0.29, 0.717) is 6.07 Å². The van der Waals surface area contributed by atoms with Gasteiger partial charge in [0.25, 0.3) is 5.91 Å². The first-order valence-electron chi connectivity index (χ1n) is 9.83. The Kier molecular flexibility index (Phi) is 6.45. The van der Waals surface area contributed by atoms with Crippen molar-refractivity contribution in [1.82, 2.24) is 0 Å². The van der Waals surface area contributed by atoms with Crippen molar-refractivity contribution in [1.29, 1.82) is 5.26 Å². The number of ether oxygens (including phenoxy) is 2. The van der Waals surface area contributed by atoms with Crippen LogP contribution < -0.4 is 15.8 Å². The molecule has 1 fully saturated rings. The fourth-order valence-corrected chi connectivity index (χ4v) is 4.03. The molecule has 2 aromatic rings. The molecule has 2 unspecified atom stereocenters. The molecule has 1 aliphatic rings. The Morgan fingerprint density at radius 3 is 2.44 bits per heavy atom. The van der Waals surface area contributed by atoms with E-state index in [-0.39, 0.29) is 16.9 Å². The Bertz CT molecular complexity index is 1180. The van der Waals surface area contributed by atoms with Gasteiger partial charge >= 0.3 is 6.18 Å². The fourth-order valence-electron chi connectivity index (χ4n) is 4.03. The molecule has 1 heterocycles. The summed E-state index contributed by atoms with van der Waals surface area (Å²) in [4.78, 5) is 13.1. The van der Waals surface area contributed by atoms with Gasteiger partial charge in [-0.1, -0.05) is 13.0 Å². The summed E-state index contributed by atoms with van der Waals surface area (Å²) in [6.07, 6.45) is -6.80. The lowest BCUT2D eigenvalue weighted by atomic mass is 9.77. The van der Waals surface area contributed by atoms with Crippen LogP contribution in [0.15, 0.2) is 24.3 Å². The van der Waals surface area contributed by atoms with E-state index in [9.17, 15) is 31.1 Å². The number of methoxy groups -OCH3 is 1. The maximum Gasteiger partial charge on any atom is 0.417 e. The highest BCUT2D eigenvalue weighted by Crippen LogP contribution is 2.55. The number of alkyl halides is 3. The van der Waals surface area contributed by atoms with Gasteiger partial charge in [-0.05, 0) is 19.1 Å². The second-order valence-electron chi connectivity index (χ2n) is 7.96. The average molecular weight is 487 g/mol. The van der Waals surface area contributed by atoms with Gasteiger partial charge in [-0.2, -0.15) is 22.8 Å². The highest BCUT2D eigenvalue weighted by molar-refractivity contribution is 5.98. The highest BCUT2D eigenvalue weighted by Gasteiger charge is 2.65. The zero-order valence-corrected chi connectivity index (χ0v) is 18.1. The van der Waals surface area contributed by atoms with E-state index in [0.717, 1.165) is 39.2 Å². The predicted octanol–water partition coefficient (Wildman–Crippen LogP) is 4.64. The summed E-state index contributed by atoms with van der Waals surface area (Å²) < 4.78 is 93.9. The number of nitrogen functional groups attached to an aromatic ring is 1. The number of nitriles is 1. The number of halogens is 6. The summed E-state index contributed by atoms with van der Waals surface area (Å²) in [7, 11) is 1.00. The summed E-state index contributed by atoms with van der Waals surface area (Å²) >= 11 is 0. The molecule has 12 heteroatoms. The molecule has 1 amide bonds. The SMILES string of the molecule is COc1c(C2C(C(=O)Nc3cc(C#N)c(F)cc3N)O[C@@](C)(C(F)(F)F)[C@H]2C)ccc(F)c1F. The summed E-state index contributed by atoms with van der Waals surface area (Å²) in [5, 5.41) is 11.2. The molecule has 0 spiro atoms. The number of anilines is 2. The lowest BCUT2D eigenvalue weighted by molar-refractivity contribution is -0.272. The smallest absolute Gasteiger partial charge is 0.417 e. The molecule has 3 rings (SSSR count). The minimum Gasteiger partial charge on any atom is -0.493 e. The largest absolute Gasteiger partial charge is 0.493 e. The van der Waals surface area contributed by atoms with Crippen molar-refractivity contribution in [2.45, 2.75) is 37.6 Å². The first-order valence-corrected chi connectivity index (χ1v) is 9.83. The zero-order chi connectivity index (χ0) is 25.6. The van der Waals surface area contributed by atoms with Crippen LogP contribution in [0, 0.1) is 34.7 Å². The van der Waals surface area contributed by atoms with E-state index in [1.165, 1.54) is 0 Å². The van der Waals surface area contributed by atoms with Gasteiger partial charge in [-0.15, -0.1) is 0 Å². The van der Waals surface area contributed by atoms with Crippen LogP contribution in [0.3, 0.4) is 0 Å². The van der Waals surface area contributed by atoms with Crippen molar-refractivity contribution in [3.63, 3.8) is 0 Å². The average Bonchev–Trinajstić information content (AvgIpc) is 3.04. The molecule has 1 aliphatic heterocycles. The number of nitrogens with one attached hydrogen (secondary N) is 1. The van der Waals surface area contributed by atoms with Crippen LogP contribution in [0.2, 0.25) is 0 Å². The molecule has 182 valence electrons. The van der Waals surface area contributed by atoms with Crippen LogP contribution in [-0.4, -0.2) is 30.9 Å². The van der Waals surface area contributed by atoms with E-state index in [2.05, 4.69) is 5.32 Å². The van der Waals surface area contributed by atoms with Crippen LogP contribution in [0.4, 0.5) is 37.7 Å². The lowest BCUT2D eigenvalue weighted by Crippen LogP contribution is -2.47. The number of hydrogen-bond donors (Lipinski definition) is 2. The quantitative estimate of drug-likeness (QED) is 0.484. The molecule has 3 N–H and O–H groups in total. The molecule has 4 atom stereocenters. The molecule has 0 aliphatic carbocycles. The van der Waals surface area contributed by atoms with Gasteiger partial charge in [-0.3, -0.25) is 4.79 Å². The molecular weight excluding hydrogens is 468 g/mol. The van der Waals surface area contributed by atoms with E-state index in [4.69, 9.17) is 20.5 Å². The van der Waals surface area contributed by atoms with Crippen LogP contribution >= 0.6 is 0 Å². The topological polar surface area (TPSA) is 97.4 Å². The summed E-state index contributed by atoms with van der Waals surface area (Å²) in [6, 6.07) is 4.95. The van der Waals surface area contributed by atoms with Gasteiger partial charge in [0, 0.05) is 23.5 Å². The van der Waals surface area contributed by atoms with E-state index < -0.39 is 64.4 Å². The van der Waals surface area contributed by atoms with E-state index >= 15 is 0 Å². The minimum absolute atomic E-state index is 0.216. The number of carbonyl (C=O) groups excluding carboxylic acids is 1. The van der Waals surface area contributed by atoms with Gasteiger partial charge in [-0.25, -0.2) is 8.78 Å². The molecule has 0 bridgehead atoms. The Morgan fingerprint density at radius 2 is 1.88 bits per heavy atom. The molecule has 6 nitrogen and oxygen atoms in total. The second kappa shape index (κ2) is 8.72. The number of nitrogens with zero attached hydrogens (tertiary/aromatic N) is 1. The number of benzene rings is 2. The first-order chi connectivity index (χ1) is 15.8. The number of hydrogen-bond acceptors (Lipinski definition) is 5. The van der Waals surface area contributed by atoms with Crippen molar-refractivity contribution in [2.24, 2.45) is 5.92 Å². The van der Waals surface area contributed by atoms with Crippen molar-refractivity contribution >= 4 is 17.3 Å². The molecule has 0 aromatic heterocycles. The number of amides is 1. The van der Waals surface area contributed by atoms with E-state index in [1.807, 2.05) is 0 Å². The van der Waals surface area contributed by atoms with Gasteiger partial charge in [0.15, 0.2) is 17.2 Å². The van der Waals surface area contributed by atoms with Crippen LogP contribution in [-0.2, 0) is 9.53 Å². The van der Waals surface area contributed by atoms with Crippen LogP contribution in [0.25, 0.3) is 0 Å². The second-order valence-corrected chi connectivity index (χ2v) is 7.96. The molecule has 1 saturated heterocycles. The van der Waals surface area contributed by atoms with Gasteiger partial charge in [0.2, 0.25) is 5.82 Å². The Morgan fingerprint density at radius 1 is 1.24 bits per heavy atom. The summed E-state index contributed by atoms with van der Waals surface area (Å²) in [6.45, 7) is 1.90. The first kappa shape index (κ1) is 25.2. The fraction of sp³-hybridized carbons (Fsp3) is 0.364. The monoisotopic (exact) mass is 487 g/mol. The van der Waals surface area contributed by atoms with Gasteiger partial charge < -0.3 is 20.5 Å². The molecule has 34 heavy (non-hydrogen) atoms. The van der Waals surface area contributed by atoms with Crippen molar-refractivity contribution in [3.05, 3.63) is 52.8 Å². The molecule has 0 radical (unpaired) electrons. The molecular formula is C22H19F6N3O3. The number of rotatable bonds is 4. The van der Waals surface area contributed by atoms with Crippen molar-refractivity contribution in [3.8, 4) is 11.8 Å². The molecule has 0 saturated carbocycles. The third-order valence-electron chi connectivity index (χ3n) is 6.09. The highest BCUT2D eigenvalue weighted by atomic mass is 19.4. The van der Waals surface area contributed by atoms with Gasteiger partial charge in [0.05, 0.1) is 24.0 Å². The number of nitrogens with two attached hydrogens (primary N) is 1. The predicted molar refractivity (Wildman–Crippen MR) is 108 cm³/mol. The van der Waals surface area contributed by atoms with Crippen LogP contribution in [0.1, 0.15) is 30.9 Å². The number of carbonyl (C=O) groups is 1. The standard InChI is InChI=1S/C22H19F6N3O3/c1-9-16(11-4-5-12(23)17(25)18(11)33-3)19(34-21(9,2)22(26,27)28)20(32)31-15-6-10(8-29)13(24)7-14(15)30/h4-7,9,16,19H,30H2,1-3H3,(H,31,32)/t9-,16?,19?,21+/m0/s1. The van der Waals surface area contributed by atoms with Gasteiger partial charge in [0.1, 0.15) is 18.0 Å². The summed E-state index contributed by atoms with van der Waals surface area (Å²) in [5.41, 5.74) is 1.61. The maximum absolute atomic E-state index is 14.4. The Labute approximate surface area is 190 Å². The van der Waals surface area contributed by atoms with Crippen molar-refractivity contribution in [2.75, 3.05) is 18.2 Å². The van der Waals surface area contributed by atoms with E-state index in [1.54, 1.807) is 6.07 Å².